The molecule has 0 bridgehead atoms. The standard InChI is InChI=1S/C14H15N5O5/c1-18-11(21)9(12(22)19(2)14(18)24)10(20)16-17-13(23)15-8-6-4-3-5-7-8/h3-7,9H,1-2H3,(H,16,20)(H2,15,17,23). The van der Waals surface area contributed by atoms with E-state index in [1.807, 2.05) is 10.9 Å². The first-order valence-corrected chi connectivity index (χ1v) is 6.84. The molecule has 1 saturated heterocycles. The quantitative estimate of drug-likeness (QED) is 0.497. The number of amides is 7. The van der Waals surface area contributed by atoms with Crippen LogP contribution in [-0.2, 0) is 14.4 Å². The molecule has 1 heterocycles. The Morgan fingerprint density at radius 1 is 0.917 bits per heavy atom. The minimum absolute atomic E-state index is 0.485. The average Bonchev–Trinajstić information content (AvgIpc) is 2.57. The lowest BCUT2D eigenvalue weighted by Crippen LogP contribution is -2.62. The fraction of sp³-hybridized carbons (Fsp3) is 0.214. The van der Waals surface area contributed by atoms with Gasteiger partial charge in [-0.15, -0.1) is 0 Å². The maximum absolute atomic E-state index is 12.0. The highest BCUT2D eigenvalue weighted by molar-refractivity contribution is 6.25. The maximum atomic E-state index is 12.0. The van der Waals surface area contributed by atoms with Gasteiger partial charge in [0.1, 0.15) is 0 Å². The number of carbonyl (C=O) groups is 5. The van der Waals surface area contributed by atoms with E-state index in [4.69, 9.17) is 0 Å². The van der Waals surface area contributed by atoms with Crippen LogP contribution in [0.1, 0.15) is 0 Å². The number of urea groups is 2. The largest absolute Gasteiger partial charge is 0.337 e. The first-order chi connectivity index (χ1) is 11.3. The Labute approximate surface area is 136 Å². The number of benzene rings is 1. The minimum Gasteiger partial charge on any atom is -0.307 e. The van der Waals surface area contributed by atoms with Crippen molar-refractivity contribution in [3.05, 3.63) is 30.3 Å². The highest BCUT2D eigenvalue weighted by atomic mass is 16.2. The lowest BCUT2D eigenvalue weighted by Gasteiger charge is -2.31. The Bertz CT molecular complexity index is 681. The molecule has 24 heavy (non-hydrogen) atoms. The Hall–Kier alpha value is -3.43. The molecule has 1 aliphatic heterocycles. The van der Waals surface area contributed by atoms with Gasteiger partial charge in [-0.3, -0.25) is 29.6 Å². The van der Waals surface area contributed by atoms with Crippen LogP contribution < -0.4 is 16.2 Å². The highest BCUT2D eigenvalue weighted by Gasteiger charge is 2.46. The molecule has 7 amide bonds. The Balaban J connectivity index is 1.96. The molecule has 10 nitrogen and oxygen atoms in total. The number of carbonyl (C=O) groups excluding carboxylic acids is 5. The Morgan fingerprint density at radius 2 is 1.46 bits per heavy atom. The second kappa shape index (κ2) is 6.77. The number of hydrogen-bond donors (Lipinski definition) is 3. The average molecular weight is 333 g/mol. The van der Waals surface area contributed by atoms with Crippen LogP contribution in [0.15, 0.2) is 30.3 Å². The lowest BCUT2D eigenvalue weighted by molar-refractivity contribution is -0.152. The van der Waals surface area contributed by atoms with E-state index in [1.54, 1.807) is 30.3 Å². The first kappa shape index (κ1) is 16.9. The van der Waals surface area contributed by atoms with Gasteiger partial charge in [-0.25, -0.2) is 15.0 Å². The predicted octanol–water partition coefficient (Wildman–Crippen LogP) is -0.494. The molecule has 0 atom stereocenters. The molecule has 0 radical (unpaired) electrons. The summed E-state index contributed by atoms with van der Waals surface area (Å²) in [6.45, 7) is 0. The molecule has 1 aliphatic rings. The number of barbiturate groups is 1. The van der Waals surface area contributed by atoms with Gasteiger partial charge in [-0.05, 0) is 12.1 Å². The van der Waals surface area contributed by atoms with E-state index < -0.39 is 35.7 Å². The molecule has 1 aromatic carbocycles. The number of nitrogens with zero attached hydrogens (tertiary/aromatic N) is 2. The fourth-order valence-corrected chi connectivity index (χ4v) is 2.01. The van der Waals surface area contributed by atoms with E-state index in [0.29, 0.717) is 15.5 Å². The van der Waals surface area contributed by atoms with Gasteiger partial charge in [0.2, 0.25) is 0 Å². The summed E-state index contributed by atoms with van der Waals surface area (Å²) in [4.78, 5) is 60.5. The zero-order chi connectivity index (χ0) is 17.9. The van der Waals surface area contributed by atoms with Crippen molar-refractivity contribution in [2.75, 3.05) is 19.4 Å². The third-order valence-electron chi connectivity index (χ3n) is 3.32. The van der Waals surface area contributed by atoms with Crippen molar-refractivity contribution in [3.8, 4) is 0 Å². The molecule has 1 fully saturated rings. The molecule has 0 aromatic heterocycles. The second-order valence-corrected chi connectivity index (χ2v) is 4.94. The molecular weight excluding hydrogens is 318 g/mol. The number of anilines is 1. The van der Waals surface area contributed by atoms with Gasteiger partial charge in [0.15, 0.2) is 5.92 Å². The molecule has 10 heteroatoms. The predicted molar refractivity (Wildman–Crippen MR) is 81.2 cm³/mol. The molecule has 2 rings (SSSR count). The molecule has 1 aromatic rings. The van der Waals surface area contributed by atoms with Gasteiger partial charge in [0.05, 0.1) is 0 Å². The van der Waals surface area contributed by atoms with Gasteiger partial charge in [0.25, 0.3) is 17.7 Å². The Morgan fingerprint density at radius 3 is 2.00 bits per heavy atom. The van der Waals surface area contributed by atoms with Gasteiger partial charge >= 0.3 is 12.1 Å². The summed E-state index contributed by atoms with van der Waals surface area (Å²) < 4.78 is 0. The van der Waals surface area contributed by atoms with E-state index >= 15 is 0 Å². The maximum Gasteiger partial charge on any atom is 0.337 e. The fourth-order valence-electron chi connectivity index (χ4n) is 2.01. The normalized spacial score (nSPS) is 15.3. The summed E-state index contributed by atoms with van der Waals surface area (Å²) >= 11 is 0. The summed E-state index contributed by atoms with van der Waals surface area (Å²) in [5.41, 5.74) is 4.50. The monoisotopic (exact) mass is 333 g/mol. The van der Waals surface area contributed by atoms with Crippen LogP contribution in [0.4, 0.5) is 15.3 Å². The van der Waals surface area contributed by atoms with Crippen LogP contribution in [0.3, 0.4) is 0 Å². The number of para-hydroxylation sites is 1. The van der Waals surface area contributed by atoms with Crippen LogP contribution in [0.25, 0.3) is 0 Å². The van der Waals surface area contributed by atoms with Crippen LogP contribution in [0, 0.1) is 5.92 Å². The summed E-state index contributed by atoms with van der Waals surface area (Å²) in [6.07, 6.45) is 0. The zero-order valence-corrected chi connectivity index (χ0v) is 12.9. The third kappa shape index (κ3) is 3.32. The number of rotatable bonds is 2. The SMILES string of the molecule is CN1C(=O)C(C(=O)NNC(=O)Nc2ccccc2)C(=O)N(C)C1=O. The van der Waals surface area contributed by atoms with Crippen LogP contribution in [-0.4, -0.2) is 53.7 Å². The van der Waals surface area contributed by atoms with Gasteiger partial charge in [-0.2, -0.15) is 0 Å². The van der Waals surface area contributed by atoms with Gasteiger partial charge in [0, 0.05) is 19.8 Å². The van der Waals surface area contributed by atoms with E-state index in [-0.39, 0.29) is 0 Å². The zero-order valence-electron chi connectivity index (χ0n) is 12.9. The Kier molecular flexibility index (Phi) is 4.78. The number of hydrazine groups is 1. The van der Waals surface area contributed by atoms with Gasteiger partial charge in [-0.1, -0.05) is 18.2 Å². The third-order valence-corrected chi connectivity index (χ3v) is 3.32. The molecule has 0 spiro atoms. The lowest BCUT2D eigenvalue weighted by atomic mass is 10.0. The van der Waals surface area contributed by atoms with Crippen molar-refractivity contribution >= 4 is 35.5 Å². The van der Waals surface area contributed by atoms with Crippen LogP contribution >= 0.6 is 0 Å². The van der Waals surface area contributed by atoms with E-state index in [1.165, 1.54) is 0 Å². The molecule has 126 valence electrons. The summed E-state index contributed by atoms with van der Waals surface area (Å²) in [5.74, 6) is -4.72. The smallest absolute Gasteiger partial charge is 0.307 e. The topological polar surface area (TPSA) is 128 Å². The highest BCUT2D eigenvalue weighted by Crippen LogP contribution is 2.15. The number of hydrogen-bond acceptors (Lipinski definition) is 5. The van der Waals surface area contributed by atoms with E-state index in [0.717, 1.165) is 14.1 Å². The van der Waals surface area contributed by atoms with E-state index in [9.17, 15) is 24.0 Å². The summed E-state index contributed by atoms with van der Waals surface area (Å²) in [5, 5.41) is 2.44. The molecule has 0 saturated carbocycles. The molecule has 0 aliphatic carbocycles. The molecule has 3 N–H and O–H groups in total. The van der Waals surface area contributed by atoms with Crippen LogP contribution in [0.5, 0.6) is 0 Å². The van der Waals surface area contributed by atoms with Crippen molar-refractivity contribution in [2.24, 2.45) is 5.92 Å². The molecule has 0 unspecified atom stereocenters. The van der Waals surface area contributed by atoms with Crippen molar-refractivity contribution in [1.82, 2.24) is 20.7 Å². The van der Waals surface area contributed by atoms with Crippen molar-refractivity contribution in [2.45, 2.75) is 0 Å². The van der Waals surface area contributed by atoms with Gasteiger partial charge < -0.3 is 5.32 Å². The van der Waals surface area contributed by atoms with Crippen molar-refractivity contribution in [1.29, 1.82) is 0 Å². The minimum atomic E-state index is -1.74. The van der Waals surface area contributed by atoms with Crippen molar-refractivity contribution < 1.29 is 24.0 Å². The number of nitrogens with one attached hydrogen (secondary N) is 3. The first-order valence-electron chi connectivity index (χ1n) is 6.84. The number of imide groups is 2. The molecular formula is C14H15N5O5. The van der Waals surface area contributed by atoms with Crippen LogP contribution in [0.2, 0.25) is 0 Å². The second-order valence-electron chi connectivity index (χ2n) is 4.94. The van der Waals surface area contributed by atoms with Crippen molar-refractivity contribution in [3.63, 3.8) is 0 Å². The summed E-state index contributed by atoms with van der Waals surface area (Å²) in [7, 11) is 2.31. The summed E-state index contributed by atoms with van der Waals surface area (Å²) in [6, 6.07) is 6.84. The van der Waals surface area contributed by atoms with E-state index in [2.05, 4.69) is 5.32 Å².